The molecular formula is C14H22O4. The van der Waals surface area contributed by atoms with Crippen LogP contribution in [0.1, 0.15) is 26.3 Å². The number of methoxy groups -OCH3 is 2. The fourth-order valence-electron chi connectivity index (χ4n) is 1.76. The van der Waals surface area contributed by atoms with Crippen LogP contribution in [0.25, 0.3) is 0 Å². The van der Waals surface area contributed by atoms with E-state index >= 15 is 0 Å². The number of aliphatic hydroxyl groups excluding tert-OH is 1. The van der Waals surface area contributed by atoms with Crippen LogP contribution in [0.5, 0.6) is 17.2 Å². The van der Waals surface area contributed by atoms with Crippen LogP contribution in [0.2, 0.25) is 0 Å². The van der Waals surface area contributed by atoms with Gasteiger partial charge in [0.05, 0.1) is 26.4 Å². The number of benzene rings is 1. The molecule has 1 aromatic carbocycles. The summed E-state index contributed by atoms with van der Waals surface area (Å²) < 4.78 is 16.3. The van der Waals surface area contributed by atoms with Crippen molar-refractivity contribution in [2.75, 3.05) is 14.2 Å². The van der Waals surface area contributed by atoms with Gasteiger partial charge in [-0.25, -0.2) is 0 Å². The highest BCUT2D eigenvalue weighted by Crippen LogP contribution is 2.36. The lowest BCUT2D eigenvalue weighted by Gasteiger charge is -2.17. The Hall–Kier alpha value is -1.42. The van der Waals surface area contributed by atoms with Crippen LogP contribution < -0.4 is 14.2 Å². The number of rotatable bonds is 6. The van der Waals surface area contributed by atoms with Crippen molar-refractivity contribution in [3.8, 4) is 17.2 Å². The van der Waals surface area contributed by atoms with Gasteiger partial charge in [-0.05, 0) is 26.8 Å². The summed E-state index contributed by atoms with van der Waals surface area (Å²) in [7, 11) is 3.20. The van der Waals surface area contributed by atoms with Crippen LogP contribution in [0.15, 0.2) is 12.1 Å². The summed E-state index contributed by atoms with van der Waals surface area (Å²) in [5.74, 6) is 2.01. The average molecular weight is 254 g/mol. The summed E-state index contributed by atoms with van der Waals surface area (Å²) in [4.78, 5) is 0. The molecule has 0 aliphatic carbocycles. The Morgan fingerprint density at radius 3 is 2.06 bits per heavy atom. The molecule has 0 fully saturated rings. The van der Waals surface area contributed by atoms with Crippen molar-refractivity contribution in [1.29, 1.82) is 0 Å². The SMILES string of the molecule is COc1cc(OC(C)C)c(OC)cc1CC(C)O. The molecule has 4 heteroatoms. The maximum atomic E-state index is 9.48. The van der Waals surface area contributed by atoms with Gasteiger partial charge in [0.25, 0.3) is 0 Å². The Labute approximate surface area is 108 Å². The molecule has 1 aromatic rings. The minimum atomic E-state index is -0.430. The van der Waals surface area contributed by atoms with Crippen molar-refractivity contribution in [2.45, 2.75) is 39.4 Å². The highest BCUT2D eigenvalue weighted by atomic mass is 16.5. The van der Waals surface area contributed by atoms with Gasteiger partial charge < -0.3 is 19.3 Å². The van der Waals surface area contributed by atoms with Gasteiger partial charge in [-0.3, -0.25) is 0 Å². The molecule has 1 unspecified atom stereocenters. The standard InChI is InChI=1S/C14H22O4/c1-9(2)18-14-8-12(16-4)11(6-10(3)15)7-13(14)17-5/h7-10,15H,6H2,1-5H3. The monoisotopic (exact) mass is 254 g/mol. The number of aliphatic hydroxyl groups is 1. The van der Waals surface area contributed by atoms with E-state index in [4.69, 9.17) is 14.2 Å². The lowest BCUT2D eigenvalue weighted by molar-refractivity contribution is 0.193. The first-order chi connectivity index (χ1) is 8.47. The molecule has 0 aliphatic rings. The molecule has 1 N–H and O–H groups in total. The van der Waals surface area contributed by atoms with E-state index in [1.165, 1.54) is 0 Å². The summed E-state index contributed by atoms with van der Waals surface area (Å²) in [6, 6.07) is 3.65. The number of ether oxygens (including phenoxy) is 3. The zero-order valence-electron chi connectivity index (χ0n) is 11.7. The van der Waals surface area contributed by atoms with Crippen LogP contribution in [0, 0.1) is 0 Å². The molecule has 0 heterocycles. The quantitative estimate of drug-likeness (QED) is 0.847. The van der Waals surface area contributed by atoms with Crippen molar-refractivity contribution in [3.05, 3.63) is 17.7 Å². The topological polar surface area (TPSA) is 47.9 Å². The molecule has 4 nitrogen and oxygen atoms in total. The normalized spacial score (nSPS) is 12.4. The molecule has 0 aromatic heterocycles. The molecule has 0 bridgehead atoms. The minimum Gasteiger partial charge on any atom is -0.496 e. The van der Waals surface area contributed by atoms with E-state index < -0.39 is 6.10 Å². The Morgan fingerprint density at radius 1 is 1.00 bits per heavy atom. The Kier molecular flexibility index (Phi) is 5.28. The van der Waals surface area contributed by atoms with Crippen LogP contribution in [0.4, 0.5) is 0 Å². The smallest absolute Gasteiger partial charge is 0.165 e. The predicted octanol–water partition coefficient (Wildman–Crippen LogP) is 2.41. The van der Waals surface area contributed by atoms with E-state index in [1.54, 1.807) is 27.2 Å². The molecule has 1 rings (SSSR count). The van der Waals surface area contributed by atoms with Gasteiger partial charge >= 0.3 is 0 Å². The van der Waals surface area contributed by atoms with Gasteiger partial charge in [-0.1, -0.05) is 0 Å². The van der Waals surface area contributed by atoms with Gasteiger partial charge in [0.15, 0.2) is 11.5 Å². The van der Waals surface area contributed by atoms with Crippen molar-refractivity contribution in [3.63, 3.8) is 0 Å². The van der Waals surface area contributed by atoms with Gasteiger partial charge in [-0.2, -0.15) is 0 Å². The molecule has 0 radical (unpaired) electrons. The highest BCUT2D eigenvalue weighted by Gasteiger charge is 2.14. The van der Waals surface area contributed by atoms with E-state index in [0.29, 0.717) is 23.7 Å². The van der Waals surface area contributed by atoms with E-state index in [1.807, 2.05) is 19.9 Å². The first-order valence-corrected chi connectivity index (χ1v) is 6.07. The van der Waals surface area contributed by atoms with Crippen LogP contribution >= 0.6 is 0 Å². The Morgan fingerprint density at radius 2 is 1.61 bits per heavy atom. The van der Waals surface area contributed by atoms with E-state index in [0.717, 1.165) is 5.56 Å². The van der Waals surface area contributed by atoms with Gasteiger partial charge in [0.1, 0.15) is 5.75 Å². The lowest BCUT2D eigenvalue weighted by atomic mass is 10.1. The maximum Gasteiger partial charge on any atom is 0.165 e. The van der Waals surface area contributed by atoms with Crippen molar-refractivity contribution >= 4 is 0 Å². The Bertz CT molecular complexity index is 348. The molecule has 0 saturated carbocycles. The molecular weight excluding hydrogens is 232 g/mol. The molecule has 1 atom stereocenters. The van der Waals surface area contributed by atoms with Crippen LogP contribution in [-0.4, -0.2) is 31.5 Å². The minimum absolute atomic E-state index is 0.0613. The van der Waals surface area contributed by atoms with Crippen molar-refractivity contribution < 1.29 is 19.3 Å². The molecule has 18 heavy (non-hydrogen) atoms. The summed E-state index contributed by atoms with van der Waals surface area (Å²) >= 11 is 0. The zero-order valence-corrected chi connectivity index (χ0v) is 11.7. The Balaban J connectivity index is 3.14. The third-order valence-electron chi connectivity index (χ3n) is 2.44. The fourth-order valence-corrected chi connectivity index (χ4v) is 1.76. The molecule has 0 spiro atoms. The first-order valence-electron chi connectivity index (χ1n) is 6.07. The van der Waals surface area contributed by atoms with E-state index in [-0.39, 0.29) is 6.10 Å². The molecule has 0 amide bonds. The summed E-state index contributed by atoms with van der Waals surface area (Å²) in [6.45, 7) is 5.65. The summed E-state index contributed by atoms with van der Waals surface area (Å²) in [5.41, 5.74) is 0.903. The van der Waals surface area contributed by atoms with Crippen molar-refractivity contribution in [1.82, 2.24) is 0 Å². The maximum absolute atomic E-state index is 9.48. The van der Waals surface area contributed by atoms with Crippen LogP contribution in [-0.2, 0) is 6.42 Å². The van der Waals surface area contributed by atoms with Gasteiger partial charge in [0, 0.05) is 18.1 Å². The highest BCUT2D eigenvalue weighted by molar-refractivity contribution is 5.51. The third kappa shape index (κ3) is 3.81. The summed E-state index contributed by atoms with van der Waals surface area (Å²) in [5, 5.41) is 9.48. The third-order valence-corrected chi connectivity index (χ3v) is 2.44. The van der Waals surface area contributed by atoms with Gasteiger partial charge in [-0.15, -0.1) is 0 Å². The summed E-state index contributed by atoms with van der Waals surface area (Å²) in [6.07, 6.45) is 0.147. The van der Waals surface area contributed by atoms with Crippen molar-refractivity contribution in [2.24, 2.45) is 0 Å². The molecule has 0 aliphatic heterocycles. The predicted molar refractivity (Wildman–Crippen MR) is 70.7 cm³/mol. The largest absolute Gasteiger partial charge is 0.496 e. The van der Waals surface area contributed by atoms with Gasteiger partial charge in [0.2, 0.25) is 0 Å². The second-order valence-corrected chi connectivity index (χ2v) is 4.53. The second-order valence-electron chi connectivity index (χ2n) is 4.53. The average Bonchev–Trinajstić information content (AvgIpc) is 2.29. The van der Waals surface area contributed by atoms with Crippen LogP contribution in [0.3, 0.4) is 0 Å². The van der Waals surface area contributed by atoms with E-state index in [9.17, 15) is 5.11 Å². The number of hydrogen-bond acceptors (Lipinski definition) is 4. The van der Waals surface area contributed by atoms with E-state index in [2.05, 4.69) is 0 Å². The molecule has 0 saturated heterocycles. The molecule has 102 valence electrons. The second kappa shape index (κ2) is 6.50. The number of hydrogen-bond donors (Lipinski definition) is 1. The first kappa shape index (κ1) is 14.6. The fraction of sp³-hybridized carbons (Fsp3) is 0.571. The lowest BCUT2D eigenvalue weighted by Crippen LogP contribution is -2.09. The zero-order chi connectivity index (χ0) is 13.7.